The van der Waals surface area contributed by atoms with Crippen molar-refractivity contribution in [1.29, 1.82) is 0 Å². The molecule has 0 radical (unpaired) electrons. The monoisotopic (exact) mass is 730 g/mol. The van der Waals surface area contributed by atoms with Crippen LogP contribution < -0.4 is 0 Å². The van der Waals surface area contributed by atoms with Crippen LogP contribution in [-0.4, -0.2) is 19.5 Å². The molecule has 7 aromatic carbocycles. The molecule has 57 heavy (non-hydrogen) atoms. The van der Waals surface area contributed by atoms with Crippen molar-refractivity contribution in [3.63, 3.8) is 0 Å². The van der Waals surface area contributed by atoms with Crippen molar-refractivity contribution in [3.8, 4) is 73.2 Å². The summed E-state index contributed by atoms with van der Waals surface area (Å²) in [4.78, 5) is 16.3. The van der Waals surface area contributed by atoms with E-state index in [-0.39, 0.29) is 10.8 Å². The smallest absolute Gasteiger partial charge is 0.164 e. The lowest BCUT2D eigenvalue weighted by atomic mass is 9.76. The number of benzene rings is 7. The molecule has 270 valence electrons. The van der Waals surface area contributed by atoms with Crippen LogP contribution in [0.4, 0.5) is 0 Å². The number of hydrogen-bond acceptors (Lipinski definition) is 3. The first-order valence-electron chi connectivity index (χ1n) is 20.4. The number of para-hydroxylation sites is 2. The standard InChI is InChI=1S/C53H38N4/c1-52(2)38-21-9-6-18-34(38)44-36(20-14-22-39(44)52)50-54-49(31-15-4-3-5-16-31)55-51(56-50)37-26-28-40-46-45(37)35-19-8-11-24-43(35)57-42-23-10-7-17-32(42)33-25-27-41(47(46)48(33)57)53(40)29-12-13-30-53/h3-11,14-28H,12-13,29-30H2,1-2H3. The van der Waals surface area contributed by atoms with Crippen LogP contribution >= 0.6 is 0 Å². The van der Waals surface area contributed by atoms with Gasteiger partial charge in [-0.1, -0.05) is 160 Å². The normalized spacial score (nSPS) is 15.9. The van der Waals surface area contributed by atoms with Gasteiger partial charge >= 0.3 is 0 Å². The minimum atomic E-state index is -0.137. The maximum atomic E-state index is 5.55. The van der Waals surface area contributed by atoms with E-state index in [0.717, 1.165) is 16.7 Å². The van der Waals surface area contributed by atoms with Crippen LogP contribution in [0.2, 0.25) is 0 Å². The summed E-state index contributed by atoms with van der Waals surface area (Å²) in [5.74, 6) is 2.08. The molecular formula is C53H38N4. The highest BCUT2D eigenvalue weighted by atomic mass is 15.0. The van der Waals surface area contributed by atoms with Crippen molar-refractivity contribution in [2.24, 2.45) is 0 Å². The summed E-state index contributed by atoms with van der Waals surface area (Å²) in [6.45, 7) is 4.66. The molecule has 4 nitrogen and oxygen atoms in total. The highest BCUT2D eigenvalue weighted by molar-refractivity contribution is 6.19. The Morgan fingerprint density at radius 1 is 0.439 bits per heavy atom. The molecule has 3 aliphatic carbocycles. The van der Waals surface area contributed by atoms with E-state index in [0.29, 0.717) is 17.5 Å². The van der Waals surface area contributed by atoms with E-state index in [2.05, 4.69) is 164 Å². The third-order valence-electron chi connectivity index (χ3n) is 14.0. The lowest BCUT2D eigenvalue weighted by Crippen LogP contribution is -2.20. The van der Waals surface area contributed by atoms with Gasteiger partial charge in [-0.2, -0.15) is 0 Å². The Bertz CT molecular complexity index is 3220. The maximum Gasteiger partial charge on any atom is 0.164 e. The van der Waals surface area contributed by atoms with Crippen molar-refractivity contribution in [3.05, 3.63) is 168 Å². The molecule has 9 aromatic rings. The zero-order valence-electron chi connectivity index (χ0n) is 32.0. The SMILES string of the molecule is CC1(C)c2ccccc2-c2c(-c3nc(-c4ccccc4)nc(-c4ccc5c6c4-c4ccccc4-n4c7ccccc7c7ccc(c-6c74)C54CCCC4)n3)cccc21. The number of nitrogens with zero attached hydrogens (tertiary/aromatic N) is 4. The van der Waals surface area contributed by atoms with Crippen LogP contribution in [0, 0.1) is 0 Å². The van der Waals surface area contributed by atoms with Crippen LogP contribution in [0.25, 0.3) is 95.0 Å². The Labute approximate surface area is 331 Å². The zero-order chi connectivity index (χ0) is 37.6. The second kappa shape index (κ2) is 11.0. The van der Waals surface area contributed by atoms with E-state index in [1.54, 1.807) is 0 Å². The lowest BCUT2D eigenvalue weighted by molar-refractivity contribution is 0.550. The van der Waals surface area contributed by atoms with Gasteiger partial charge in [-0.25, -0.2) is 15.0 Å². The second-order valence-corrected chi connectivity index (χ2v) is 17.0. The lowest BCUT2D eigenvalue weighted by Gasteiger charge is -2.28. The van der Waals surface area contributed by atoms with Gasteiger partial charge in [-0.05, 0) is 63.9 Å². The molecule has 13 rings (SSSR count). The molecule has 2 aromatic heterocycles. The molecule has 0 atom stereocenters. The highest BCUT2D eigenvalue weighted by Crippen LogP contribution is 2.64. The van der Waals surface area contributed by atoms with Gasteiger partial charge in [0.2, 0.25) is 0 Å². The first-order valence-corrected chi connectivity index (χ1v) is 20.4. The summed E-state index contributed by atoms with van der Waals surface area (Å²) in [6, 6.07) is 53.5. The molecule has 1 saturated carbocycles. The molecule has 0 unspecified atom stereocenters. The number of fused-ring (bicyclic) bond motifs is 11. The van der Waals surface area contributed by atoms with Crippen molar-refractivity contribution in [2.45, 2.75) is 50.4 Å². The van der Waals surface area contributed by atoms with Crippen LogP contribution in [0.3, 0.4) is 0 Å². The first kappa shape index (κ1) is 31.5. The fourth-order valence-corrected chi connectivity index (χ4v) is 11.5. The molecule has 1 aliphatic heterocycles. The quantitative estimate of drug-likeness (QED) is 0.182. The van der Waals surface area contributed by atoms with Crippen LogP contribution in [0.5, 0.6) is 0 Å². The summed E-state index contributed by atoms with van der Waals surface area (Å²) in [6.07, 6.45) is 4.83. The minimum Gasteiger partial charge on any atom is -0.308 e. The fourth-order valence-electron chi connectivity index (χ4n) is 11.5. The van der Waals surface area contributed by atoms with Crippen LogP contribution in [0.15, 0.2) is 146 Å². The summed E-state index contributed by atoms with van der Waals surface area (Å²) in [5.41, 5.74) is 20.0. The number of rotatable bonds is 3. The molecule has 3 heterocycles. The van der Waals surface area contributed by atoms with Gasteiger partial charge < -0.3 is 4.57 Å². The number of aromatic nitrogens is 4. The average Bonchev–Trinajstić information content (AvgIpc) is 3.99. The molecule has 0 saturated heterocycles. The van der Waals surface area contributed by atoms with E-state index < -0.39 is 0 Å². The van der Waals surface area contributed by atoms with E-state index in [1.807, 2.05) is 0 Å². The molecule has 1 spiro atoms. The zero-order valence-corrected chi connectivity index (χ0v) is 32.0. The Kier molecular flexibility index (Phi) is 6.09. The van der Waals surface area contributed by atoms with Gasteiger partial charge in [0.05, 0.1) is 16.7 Å². The van der Waals surface area contributed by atoms with Crippen molar-refractivity contribution in [1.82, 2.24) is 19.5 Å². The average molecular weight is 731 g/mol. The first-order chi connectivity index (χ1) is 28.0. The Hall–Kier alpha value is -6.65. The van der Waals surface area contributed by atoms with Crippen molar-refractivity contribution in [2.75, 3.05) is 0 Å². The Balaban J connectivity index is 1.15. The molecule has 0 N–H and O–H groups in total. The van der Waals surface area contributed by atoms with Gasteiger partial charge in [0, 0.05) is 55.0 Å². The van der Waals surface area contributed by atoms with Gasteiger partial charge in [0.15, 0.2) is 17.5 Å². The van der Waals surface area contributed by atoms with Crippen molar-refractivity contribution >= 4 is 21.8 Å². The molecular weight excluding hydrogens is 693 g/mol. The third-order valence-corrected chi connectivity index (χ3v) is 14.0. The number of hydrogen-bond donors (Lipinski definition) is 0. The summed E-state index contributed by atoms with van der Waals surface area (Å²) < 4.78 is 2.56. The van der Waals surface area contributed by atoms with Gasteiger partial charge in [0.25, 0.3) is 0 Å². The fraction of sp³-hybridized carbons (Fsp3) is 0.151. The topological polar surface area (TPSA) is 43.6 Å². The molecule has 0 bridgehead atoms. The van der Waals surface area contributed by atoms with E-state index in [1.165, 1.54) is 109 Å². The maximum absolute atomic E-state index is 5.55. The van der Waals surface area contributed by atoms with Gasteiger partial charge in [0.1, 0.15) is 0 Å². The summed E-state index contributed by atoms with van der Waals surface area (Å²) in [5, 5.41) is 2.61. The van der Waals surface area contributed by atoms with Crippen molar-refractivity contribution < 1.29 is 0 Å². The van der Waals surface area contributed by atoms with E-state index >= 15 is 0 Å². The van der Waals surface area contributed by atoms with Gasteiger partial charge in [-0.15, -0.1) is 0 Å². The Morgan fingerprint density at radius 2 is 1.07 bits per heavy atom. The minimum absolute atomic E-state index is 0.00392. The third kappa shape index (κ3) is 3.95. The molecule has 4 aliphatic rings. The predicted molar refractivity (Wildman–Crippen MR) is 232 cm³/mol. The summed E-state index contributed by atoms with van der Waals surface area (Å²) >= 11 is 0. The van der Waals surface area contributed by atoms with E-state index in [4.69, 9.17) is 15.0 Å². The second-order valence-electron chi connectivity index (χ2n) is 17.0. The predicted octanol–water partition coefficient (Wildman–Crippen LogP) is 13.1. The molecule has 0 amide bonds. The Morgan fingerprint density at radius 3 is 1.91 bits per heavy atom. The van der Waals surface area contributed by atoms with E-state index in [9.17, 15) is 0 Å². The van der Waals surface area contributed by atoms with Crippen LogP contribution in [-0.2, 0) is 10.8 Å². The van der Waals surface area contributed by atoms with Gasteiger partial charge in [-0.3, -0.25) is 0 Å². The molecule has 1 fully saturated rings. The largest absolute Gasteiger partial charge is 0.308 e. The summed E-state index contributed by atoms with van der Waals surface area (Å²) in [7, 11) is 0. The highest BCUT2D eigenvalue weighted by Gasteiger charge is 2.48. The molecule has 4 heteroatoms. The van der Waals surface area contributed by atoms with Crippen LogP contribution in [0.1, 0.15) is 61.8 Å².